The molecule has 1 amide bonds. The Morgan fingerprint density at radius 1 is 1.00 bits per heavy atom. The van der Waals surface area contributed by atoms with Gasteiger partial charge in [-0.05, 0) is 41.8 Å². The Labute approximate surface area is 198 Å². The van der Waals surface area contributed by atoms with Crippen molar-refractivity contribution in [2.75, 3.05) is 18.5 Å². The van der Waals surface area contributed by atoms with E-state index in [0.717, 1.165) is 41.4 Å². The minimum absolute atomic E-state index is 0. The third kappa shape index (κ3) is 5.81. The third-order valence-electron chi connectivity index (χ3n) is 5.08. The lowest BCUT2D eigenvalue weighted by Crippen LogP contribution is -2.36. The number of benzene rings is 2. The highest BCUT2D eigenvalue weighted by molar-refractivity contribution is 14.0. The minimum Gasteiger partial charge on any atom is -0.352 e. The van der Waals surface area contributed by atoms with E-state index < -0.39 is 0 Å². The highest BCUT2D eigenvalue weighted by atomic mass is 127. The van der Waals surface area contributed by atoms with Gasteiger partial charge in [0.25, 0.3) is 0 Å². The summed E-state index contributed by atoms with van der Waals surface area (Å²) < 4.78 is 1.72. The number of hydrogen-bond acceptors (Lipinski definition) is 4. The van der Waals surface area contributed by atoms with Crippen molar-refractivity contribution < 1.29 is 4.79 Å². The van der Waals surface area contributed by atoms with E-state index in [4.69, 9.17) is 0 Å². The molecule has 1 fully saturated rings. The Bertz CT molecular complexity index is 1000. The Kier molecular flexibility index (Phi) is 7.99. The largest absolute Gasteiger partial charge is 0.352 e. The number of carbonyl (C=O) groups is 1. The lowest BCUT2D eigenvalue weighted by atomic mass is 10.2. The average molecular weight is 531 g/mol. The zero-order valence-electron chi connectivity index (χ0n) is 17.4. The summed E-state index contributed by atoms with van der Waals surface area (Å²) in [7, 11) is 1.76. The molecule has 31 heavy (non-hydrogen) atoms. The second-order valence-electron chi connectivity index (χ2n) is 7.10. The van der Waals surface area contributed by atoms with Crippen LogP contribution < -0.4 is 15.5 Å². The summed E-state index contributed by atoms with van der Waals surface area (Å²) in [6, 6.07) is 16.2. The summed E-state index contributed by atoms with van der Waals surface area (Å²) in [6.07, 6.45) is 4.78. The van der Waals surface area contributed by atoms with Gasteiger partial charge in [-0.1, -0.05) is 24.3 Å². The van der Waals surface area contributed by atoms with Crippen molar-refractivity contribution in [3.8, 4) is 5.69 Å². The van der Waals surface area contributed by atoms with Gasteiger partial charge in [-0.3, -0.25) is 9.79 Å². The normalized spacial score (nSPS) is 13.8. The fourth-order valence-corrected chi connectivity index (χ4v) is 3.42. The van der Waals surface area contributed by atoms with Crippen LogP contribution in [0.4, 0.5) is 5.69 Å². The summed E-state index contributed by atoms with van der Waals surface area (Å²) in [5, 5.41) is 10.8. The van der Waals surface area contributed by atoms with Gasteiger partial charge in [0, 0.05) is 38.8 Å². The summed E-state index contributed by atoms with van der Waals surface area (Å²) in [4.78, 5) is 22.0. The quantitative estimate of drug-likeness (QED) is 0.290. The monoisotopic (exact) mass is 531 g/mol. The molecule has 0 atom stereocenters. The summed E-state index contributed by atoms with van der Waals surface area (Å²) in [5.74, 6) is 0.939. The molecule has 2 heterocycles. The number of anilines is 1. The Hall–Kier alpha value is -2.95. The molecule has 0 aliphatic carbocycles. The topological polar surface area (TPSA) is 87.4 Å². The first-order chi connectivity index (χ1) is 14.7. The fraction of sp³-hybridized carbons (Fsp3) is 0.273. The molecule has 1 aliphatic rings. The molecule has 0 bridgehead atoms. The molecule has 162 valence electrons. The van der Waals surface area contributed by atoms with E-state index in [0.29, 0.717) is 19.5 Å². The molecule has 3 aromatic rings. The summed E-state index contributed by atoms with van der Waals surface area (Å²) in [5.41, 5.74) is 4.21. The molecule has 0 radical (unpaired) electrons. The van der Waals surface area contributed by atoms with Crippen molar-refractivity contribution in [1.82, 2.24) is 25.4 Å². The van der Waals surface area contributed by atoms with Gasteiger partial charge in [0.1, 0.15) is 12.7 Å². The number of nitrogens with one attached hydrogen (secondary N) is 2. The van der Waals surface area contributed by atoms with Crippen LogP contribution in [-0.2, 0) is 17.9 Å². The highest BCUT2D eigenvalue weighted by Crippen LogP contribution is 2.21. The molecular formula is C22H26IN7O. The van der Waals surface area contributed by atoms with Crippen molar-refractivity contribution >= 4 is 41.5 Å². The van der Waals surface area contributed by atoms with Crippen molar-refractivity contribution in [3.63, 3.8) is 0 Å². The van der Waals surface area contributed by atoms with E-state index in [9.17, 15) is 4.79 Å². The van der Waals surface area contributed by atoms with E-state index in [2.05, 4.69) is 37.8 Å². The van der Waals surface area contributed by atoms with Crippen LogP contribution in [0.5, 0.6) is 0 Å². The Morgan fingerprint density at radius 2 is 1.61 bits per heavy atom. The van der Waals surface area contributed by atoms with Crippen molar-refractivity contribution in [2.24, 2.45) is 4.99 Å². The highest BCUT2D eigenvalue weighted by Gasteiger charge is 2.21. The molecule has 8 nitrogen and oxygen atoms in total. The van der Waals surface area contributed by atoms with Crippen LogP contribution in [0.15, 0.2) is 66.2 Å². The van der Waals surface area contributed by atoms with Gasteiger partial charge >= 0.3 is 0 Å². The van der Waals surface area contributed by atoms with Crippen LogP contribution in [0.2, 0.25) is 0 Å². The first-order valence-electron chi connectivity index (χ1n) is 10.0. The maximum absolute atomic E-state index is 11.9. The third-order valence-corrected chi connectivity index (χ3v) is 5.08. The Balaban J connectivity index is 0.00000272. The van der Waals surface area contributed by atoms with Gasteiger partial charge < -0.3 is 15.5 Å². The van der Waals surface area contributed by atoms with E-state index in [1.807, 2.05) is 41.3 Å². The zero-order chi connectivity index (χ0) is 20.8. The molecule has 1 aliphatic heterocycles. The number of halogens is 1. The maximum atomic E-state index is 11.9. The molecule has 0 unspecified atom stereocenters. The second kappa shape index (κ2) is 10.9. The van der Waals surface area contributed by atoms with Crippen molar-refractivity contribution in [2.45, 2.75) is 25.9 Å². The molecule has 4 rings (SSSR count). The zero-order valence-corrected chi connectivity index (χ0v) is 19.7. The average Bonchev–Trinajstić information content (AvgIpc) is 3.47. The van der Waals surface area contributed by atoms with Crippen LogP contribution in [0.25, 0.3) is 5.69 Å². The fourth-order valence-electron chi connectivity index (χ4n) is 3.42. The molecular weight excluding hydrogens is 505 g/mol. The van der Waals surface area contributed by atoms with Gasteiger partial charge in [-0.25, -0.2) is 9.67 Å². The molecule has 0 saturated carbocycles. The first-order valence-corrected chi connectivity index (χ1v) is 10.0. The number of nitrogens with zero attached hydrogens (tertiary/aromatic N) is 5. The van der Waals surface area contributed by atoms with E-state index in [1.165, 1.54) is 6.33 Å². The van der Waals surface area contributed by atoms with Gasteiger partial charge in [0.2, 0.25) is 5.91 Å². The van der Waals surface area contributed by atoms with Crippen molar-refractivity contribution in [3.05, 3.63) is 72.3 Å². The number of carbonyl (C=O) groups excluding carboxylic acids is 1. The van der Waals surface area contributed by atoms with Crippen LogP contribution in [0.1, 0.15) is 24.0 Å². The SMILES string of the molecule is CN=C(NCc1ccc(N2CCCC2=O)cc1)NCc1ccc(-n2cncn2)cc1.I. The van der Waals surface area contributed by atoms with E-state index in [1.54, 1.807) is 18.1 Å². The molecule has 2 aromatic carbocycles. The molecule has 1 saturated heterocycles. The van der Waals surface area contributed by atoms with Crippen molar-refractivity contribution in [1.29, 1.82) is 0 Å². The predicted octanol–water partition coefficient (Wildman–Crippen LogP) is 2.88. The number of guanidine groups is 1. The summed E-state index contributed by atoms with van der Waals surface area (Å²) in [6.45, 7) is 2.12. The number of hydrogen-bond donors (Lipinski definition) is 2. The number of amides is 1. The van der Waals surface area contributed by atoms with Crippen LogP contribution >= 0.6 is 24.0 Å². The van der Waals surface area contributed by atoms with Gasteiger partial charge in [0.05, 0.1) is 5.69 Å². The Morgan fingerprint density at radius 3 is 2.10 bits per heavy atom. The first kappa shape index (κ1) is 22.7. The smallest absolute Gasteiger partial charge is 0.227 e. The molecule has 0 spiro atoms. The number of aliphatic imine (C=N–C) groups is 1. The molecule has 1 aromatic heterocycles. The van der Waals surface area contributed by atoms with Gasteiger partial charge in [-0.2, -0.15) is 5.10 Å². The predicted molar refractivity (Wildman–Crippen MR) is 132 cm³/mol. The molecule has 9 heteroatoms. The van der Waals surface area contributed by atoms with E-state index >= 15 is 0 Å². The summed E-state index contributed by atoms with van der Waals surface area (Å²) >= 11 is 0. The van der Waals surface area contributed by atoms with Crippen LogP contribution in [-0.4, -0.2) is 40.2 Å². The second-order valence-corrected chi connectivity index (χ2v) is 7.10. The number of rotatable bonds is 6. The van der Waals surface area contributed by atoms with E-state index in [-0.39, 0.29) is 29.9 Å². The lowest BCUT2D eigenvalue weighted by molar-refractivity contribution is -0.117. The maximum Gasteiger partial charge on any atom is 0.227 e. The molecule has 2 N–H and O–H groups in total. The van der Waals surface area contributed by atoms with Gasteiger partial charge in [-0.15, -0.1) is 24.0 Å². The minimum atomic E-state index is 0. The number of aromatic nitrogens is 3. The standard InChI is InChI=1S/C22H25N7O.HI/c1-23-22(26-14-18-6-10-20(11-7-18)29-16-24-15-27-29)25-13-17-4-8-19(9-5-17)28-12-2-3-21(28)30;/h4-11,15-16H,2-3,12-14H2,1H3,(H2,23,25,26);1H. The lowest BCUT2D eigenvalue weighted by Gasteiger charge is -2.16. The van der Waals surface area contributed by atoms with Gasteiger partial charge in [0.15, 0.2) is 5.96 Å². The van der Waals surface area contributed by atoms with Crippen LogP contribution in [0, 0.1) is 0 Å². The van der Waals surface area contributed by atoms with Crippen LogP contribution in [0.3, 0.4) is 0 Å².